The number of unbranched alkanes of at least 4 members (excludes halogenated alkanes) is 20. The van der Waals surface area contributed by atoms with E-state index in [1.165, 1.54) is 96.3 Å². The van der Waals surface area contributed by atoms with Gasteiger partial charge in [0.25, 0.3) is 0 Å². The first kappa shape index (κ1) is 46.8. The number of hydrogen-bond acceptors (Lipinski definition) is 5. The van der Waals surface area contributed by atoms with E-state index in [-0.39, 0.29) is 37.1 Å². The number of carbonyl (C=O) groups excluding carboxylic acids is 3. The zero-order chi connectivity index (χ0) is 33.4. The van der Waals surface area contributed by atoms with Crippen molar-refractivity contribution < 1.29 is 40.7 Å². The molecule has 0 fully saturated rings. The molecule has 274 valence electrons. The Morgan fingerprint density at radius 1 is 0.543 bits per heavy atom. The first-order valence-corrected chi connectivity index (χ1v) is 19.1. The molecule has 0 aliphatic carbocycles. The van der Waals surface area contributed by atoms with Crippen molar-refractivity contribution in [2.75, 3.05) is 40.9 Å². The Labute approximate surface area is 291 Å². The molecule has 46 heavy (non-hydrogen) atoms. The van der Waals surface area contributed by atoms with Crippen LogP contribution in [0.1, 0.15) is 181 Å². The Morgan fingerprint density at radius 3 is 1.41 bits per heavy atom. The van der Waals surface area contributed by atoms with Crippen LogP contribution in [0.2, 0.25) is 0 Å². The van der Waals surface area contributed by atoms with Crippen LogP contribution in [-0.4, -0.2) is 69.3 Å². The highest BCUT2D eigenvalue weighted by molar-refractivity contribution is 5.85. The molecular weight excluding hydrogens is 600 g/mol. The standard InChI is InChI=1S/C38H74N2O5.ClH/c1-6-8-10-12-14-16-18-20-22-27-33-44-37(42)31-30-35(39-36(41)29-25-24-26-32-40(3,4)5)38(43)45-34-28-23-21-19-17-15-13-11-9-7-2;/h35H,6-34H2,1-5H3;1H. The van der Waals surface area contributed by atoms with E-state index in [9.17, 15) is 14.4 Å². The minimum atomic E-state index is -0.809. The summed E-state index contributed by atoms with van der Waals surface area (Å²) in [6.07, 6.45) is 28.0. The van der Waals surface area contributed by atoms with Crippen LogP contribution < -0.4 is 17.7 Å². The van der Waals surface area contributed by atoms with Gasteiger partial charge in [0.15, 0.2) is 0 Å². The summed E-state index contributed by atoms with van der Waals surface area (Å²) in [4.78, 5) is 38.0. The summed E-state index contributed by atoms with van der Waals surface area (Å²) >= 11 is 0. The number of rotatable bonds is 33. The smallest absolute Gasteiger partial charge is 0.328 e. The molecule has 0 rings (SSSR count). The van der Waals surface area contributed by atoms with Gasteiger partial charge in [0, 0.05) is 12.8 Å². The van der Waals surface area contributed by atoms with E-state index in [4.69, 9.17) is 9.47 Å². The molecule has 7 nitrogen and oxygen atoms in total. The second kappa shape index (κ2) is 33.6. The summed E-state index contributed by atoms with van der Waals surface area (Å²) < 4.78 is 11.9. The summed E-state index contributed by atoms with van der Waals surface area (Å²) in [5, 5.41) is 2.86. The average molecular weight is 675 g/mol. The zero-order valence-corrected chi connectivity index (χ0v) is 31.7. The number of ether oxygens (including phenoxy) is 2. The maximum atomic E-state index is 12.9. The summed E-state index contributed by atoms with van der Waals surface area (Å²) in [6, 6.07) is -0.809. The van der Waals surface area contributed by atoms with Crippen molar-refractivity contribution in [3.63, 3.8) is 0 Å². The molecule has 0 aromatic rings. The quantitative estimate of drug-likeness (QED) is 0.0492. The van der Waals surface area contributed by atoms with Gasteiger partial charge in [-0.1, -0.05) is 129 Å². The van der Waals surface area contributed by atoms with E-state index in [1.807, 2.05) is 0 Å². The van der Waals surface area contributed by atoms with Crippen LogP contribution in [0.25, 0.3) is 0 Å². The number of halogens is 1. The number of hydrogen-bond donors (Lipinski definition) is 1. The Hall–Kier alpha value is -1.34. The van der Waals surface area contributed by atoms with Gasteiger partial charge in [0.05, 0.1) is 40.9 Å². The molecule has 1 amide bonds. The van der Waals surface area contributed by atoms with Crippen molar-refractivity contribution in [3.05, 3.63) is 0 Å². The lowest BCUT2D eigenvalue weighted by Gasteiger charge is -2.23. The molecular formula is C38H75ClN2O5. The third-order valence-corrected chi connectivity index (χ3v) is 8.49. The lowest BCUT2D eigenvalue weighted by atomic mass is 10.1. The van der Waals surface area contributed by atoms with Gasteiger partial charge in [-0.25, -0.2) is 4.79 Å². The van der Waals surface area contributed by atoms with Gasteiger partial charge in [0.2, 0.25) is 5.91 Å². The van der Waals surface area contributed by atoms with E-state index in [0.717, 1.165) is 62.4 Å². The molecule has 0 bridgehead atoms. The van der Waals surface area contributed by atoms with Crippen molar-refractivity contribution in [2.24, 2.45) is 0 Å². The molecule has 0 aliphatic heterocycles. The van der Waals surface area contributed by atoms with Gasteiger partial charge >= 0.3 is 11.9 Å². The molecule has 0 aromatic heterocycles. The summed E-state index contributed by atoms with van der Waals surface area (Å²) in [5.74, 6) is -0.903. The maximum Gasteiger partial charge on any atom is 0.328 e. The van der Waals surface area contributed by atoms with Gasteiger partial charge in [-0.2, -0.15) is 0 Å². The fourth-order valence-corrected chi connectivity index (χ4v) is 5.54. The van der Waals surface area contributed by atoms with Crippen molar-refractivity contribution in [1.29, 1.82) is 0 Å². The topological polar surface area (TPSA) is 81.7 Å². The van der Waals surface area contributed by atoms with Gasteiger partial charge in [-0.15, -0.1) is 0 Å². The highest BCUT2D eigenvalue weighted by Crippen LogP contribution is 2.13. The molecule has 0 spiro atoms. The molecule has 0 saturated heterocycles. The van der Waals surface area contributed by atoms with E-state index >= 15 is 0 Å². The maximum absolute atomic E-state index is 12.9. The Bertz CT molecular complexity index is 714. The number of carbonyl (C=O) groups is 3. The number of nitrogens with one attached hydrogen (secondary N) is 1. The van der Waals surface area contributed by atoms with Crippen molar-refractivity contribution >= 4 is 17.8 Å². The van der Waals surface area contributed by atoms with Gasteiger partial charge in [0.1, 0.15) is 6.04 Å². The van der Waals surface area contributed by atoms with Crippen LogP contribution in [0.4, 0.5) is 0 Å². The van der Waals surface area contributed by atoms with Crippen molar-refractivity contribution in [3.8, 4) is 0 Å². The van der Waals surface area contributed by atoms with Crippen LogP contribution >= 0.6 is 0 Å². The van der Waals surface area contributed by atoms with Gasteiger partial charge in [-0.3, -0.25) is 9.59 Å². The van der Waals surface area contributed by atoms with Crippen LogP contribution in [0.15, 0.2) is 0 Å². The fourth-order valence-electron chi connectivity index (χ4n) is 5.54. The van der Waals surface area contributed by atoms with Gasteiger partial charge < -0.3 is 31.7 Å². The highest BCUT2D eigenvalue weighted by atomic mass is 35.5. The molecule has 0 heterocycles. The molecule has 1 unspecified atom stereocenters. The SMILES string of the molecule is CCCCCCCCCCCCOC(=O)CCC(NC(=O)CCCCC[N+](C)(C)C)C(=O)OCCCCCCCCCCCC.[Cl-]. The first-order valence-electron chi connectivity index (χ1n) is 19.1. The van der Waals surface area contributed by atoms with Crippen LogP contribution in [0.5, 0.6) is 0 Å². The summed E-state index contributed by atoms with van der Waals surface area (Å²) in [7, 11) is 6.50. The lowest BCUT2D eigenvalue weighted by Crippen LogP contribution is -3.00. The van der Waals surface area contributed by atoms with Crippen LogP contribution in [0, 0.1) is 0 Å². The van der Waals surface area contributed by atoms with E-state index in [1.54, 1.807) is 0 Å². The summed E-state index contributed by atoms with van der Waals surface area (Å²) in [6.45, 7) is 6.33. The van der Waals surface area contributed by atoms with E-state index in [2.05, 4.69) is 40.3 Å². The Morgan fingerprint density at radius 2 is 0.957 bits per heavy atom. The fraction of sp³-hybridized carbons (Fsp3) is 0.921. The molecule has 8 heteroatoms. The number of quaternary nitrogens is 1. The molecule has 1 N–H and O–H groups in total. The number of amides is 1. The normalized spacial score (nSPS) is 11.9. The predicted molar refractivity (Wildman–Crippen MR) is 188 cm³/mol. The van der Waals surface area contributed by atoms with E-state index < -0.39 is 12.0 Å². The molecule has 0 aliphatic rings. The van der Waals surface area contributed by atoms with Crippen LogP contribution in [0.3, 0.4) is 0 Å². The predicted octanol–water partition coefficient (Wildman–Crippen LogP) is 6.45. The molecule has 0 aromatic carbocycles. The average Bonchev–Trinajstić information content (AvgIpc) is 2.99. The molecule has 0 saturated carbocycles. The third kappa shape index (κ3) is 34.0. The van der Waals surface area contributed by atoms with E-state index in [0.29, 0.717) is 19.6 Å². The Kier molecular flexibility index (Phi) is 34.1. The third-order valence-electron chi connectivity index (χ3n) is 8.49. The number of esters is 2. The Balaban J connectivity index is 0. The second-order valence-electron chi connectivity index (χ2n) is 14.2. The second-order valence-corrected chi connectivity index (χ2v) is 14.2. The van der Waals surface area contributed by atoms with Crippen molar-refractivity contribution in [2.45, 2.75) is 187 Å². The highest BCUT2D eigenvalue weighted by Gasteiger charge is 2.23. The zero-order valence-electron chi connectivity index (χ0n) is 30.9. The minimum absolute atomic E-state index is 0. The molecule has 0 radical (unpaired) electrons. The molecule has 1 atom stereocenters. The lowest BCUT2D eigenvalue weighted by molar-refractivity contribution is -0.870. The number of nitrogens with zero attached hydrogens (tertiary/aromatic N) is 1. The largest absolute Gasteiger partial charge is 1.00 e. The monoisotopic (exact) mass is 675 g/mol. The van der Waals surface area contributed by atoms with Crippen LogP contribution in [-0.2, 0) is 23.9 Å². The van der Waals surface area contributed by atoms with Crippen molar-refractivity contribution in [1.82, 2.24) is 5.32 Å². The first-order chi connectivity index (χ1) is 21.7. The van der Waals surface area contributed by atoms with Gasteiger partial charge in [-0.05, 0) is 38.5 Å². The summed E-state index contributed by atoms with van der Waals surface area (Å²) in [5.41, 5.74) is 0. The minimum Gasteiger partial charge on any atom is -1.00 e.